The molecule has 1 aromatic heterocycles. The molecule has 0 amide bonds. The van der Waals surface area contributed by atoms with Crippen LogP contribution < -0.4 is 5.73 Å². The van der Waals surface area contributed by atoms with Crippen LogP contribution in [0.3, 0.4) is 0 Å². The summed E-state index contributed by atoms with van der Waals surface area (Å²) >= 11 is 6.14. The third kappa shape index (κ3) is 3.87. The minimum atomic E-state index is -0.876. The summed E-state index contributed by atoms with van der Waals surface area (Å²) < 4.78 is 13.3. The molecule has 3 nitrogen and oxygen atoms in total. The zero-order valence-electron chi connectivity index (χ0n) is 13.7. The highest BCUT2D eigenvalue weighted by atomic mass is 35.5. The Balaban J connectivity index is 1.82. The number of nitrogens with two attached hydrogens (primary N) is 1. The molecule has 0 radical (unpaired) electrons. The zero-order chi connectivity index (χ0) is 18.0. The molecule has 3 aromatic rings. The summed E-state index contributed by atoms with van der Waals surface area (Å²) in [6.45, 7) is 1.91. The standard InChI is InChI=1S/C20H18ClFN2O/c1-12-2-3-15(9-18(12)21)19(23)20(25)14-6-4-13(5-7-14)16-8-17(22)11-24-10-16/h2-11,19-20,25H,23H2,1H3/t19-,20+/m0/s1. The van der Waals surface area contributed by atoms with Crippen molar-refractivity contribution < 1.29 is 9.50 Å². The number of aromatic nitrogens is 1. The van der Waals surface area contributed by atoms with Crippen LogP contribution in [0.25, 0.3) is 11.1 Å². The van der Waals surface area contributed by atoms with Crippen molar-refractivity contribution in [3.05, 3.63) is 88.5 Å². The Labute approximate surface area is 150 Å². The molecular formula is C20H18ClFN2O. The fraction of sp³-hybridized carbons (Fsp3) is 0.150. The summed E-state index contributed by atoms with van der Waals surface area (Å²) in [4.78, 5) is 3.84. The Kier molecular flexibility index (Phi) is 5.13. The second kappa shape index (κ2) is 7.31. The van der Waals surface area contributed by atoms with Crippen LogP contribution in [0.5, 0.6) is 0 Å². The van der Waals surface area contributed by atoms with Gasteiger partial charge in [-0.1, -0.05) is 48.0 Å². The fourth-order valence-electron chi connectivity index (χ4n) is 2.65. The van der Waals surface area contributed by atoms with Gasteiger partial charge in [0.25, 0.3) is 0 Å². The lowest BCUT2D eigenvalue weighted by molar-refractivity contribution is 0.147. The van der Waals surface area contributed by atoms with E-state index in [1.54, 1.807) is 24.4 Å². The van der Waals surface area contributed by atoms with E-state index in [4.69, 9.17) is 17.3 Å². The quantitative estimate of drug-likeness (QED) is 0.719. The summed E-state index contributed by atoms with van der Waals surface area (Å²) in [7, 11) is 0. The smallest absolute Gasteiger partial charge is 0.142 e. The van der Waals surface area contributed by atoms with Crippen molar-refractivity contribution in [1.29, 1.82) is 0 Å². The largest absolute Gasteiger partial charge is 0.386 e. The van der Waals surface area contributed by atoms with Crippen LogP contribution in [-0.4, -0.2) is 10.1 Å². The first kappa shape index (κ1) is 17.5. The van der Waals surface area contributed by atoms with Gasteiger partial charge in [-0.15, -0.1) is 0 Å². The van der Waals surface area contributed by atoms with Gasteiger partial charge in [0, 0.05) is 16.8 Å². The molecule has 0 saturated heterocycles. The summed E-state index contributed by atoms with van der Waals surface area (Å²) in [6.07, 6.45) is 1.88. The minimum Gasteiger partial charge on any atom is -0.386 e. The topological polar surface area (TPSA) is 59.1 Å². The van der Waals surface area contributed by atoms with E-state index in [0.29, 0.717) is 16.1 Å². The SMILES string of the molecule is Cc1ccc([C@H](N)[C@H](O)c2ccc(-c3cncc(F)c3)cc2)cc1Cl. The van der Waals surface area contributed by atoms with Crippen molar-refractivity contribution >= 4 is 11.6 Å². The zero-order valence-corrected chi connectivity index (χ0v) is 14.4. The van der Waals surface area contributed by atoms with Crippen molar-refractivity contribution in [3.8, 4) is 11.1 Å². The third-order valence-corrected chi connectivity index (χ3v) is 4.62. The van der Waals surface area contributed by atoms with E-state index in [2.05, 4.69) is 4.98 Å². The molecular weight excluding hydrogens is 339 g/mol. The molecule has 3 rings (SSSR count). The number of aliphatic hydroxyl groups excluding tert-OH is 1. The van der Waals surface area contributed by atoms with Crippen LogP contribution in [0.1, 0.15) is 28.8 Å². The number of hydrogen-bond donors (Lipinski definition) is 2. The fourth-order valence-corrected chi connectivity index (χ4v) is 2.84. The molecule has 2 atom stereocenters. The molecule has 0 saturated carbocycles. The average Bonchev–Trinajstić information content (AvgIpc) is 2.63. The monoisotopic (exact) mass is 356 g/mol. The molecule has 2 aromatic carbocycles. The average molecular weight is 357 g/mol. The van der Waals surface area contributed by atoms with Crippen LogP contribution >= 0.6 is 11.6 Å². The molecule has 1 heterocycles. The normalized spacial score (nSPS) is 13.5. The van der Waals surface area contributed by atoms with Gasteiger partial charge in [0.15, 0.2) is 0 Å². The Morgan fingerprint density at radius 3 is 2.32 bits per heavy atom. The van der Waals surface area contributed by atoms with Crippen molar-refractivity contribution in [3.63, 3.8) is 0 Å². The maximum absolute atomic E-state index is 13.3. The van der Waals surface area contributed by atoms with Crippen molar-refractivity contribution in [2.24, 2.45) is 5.73 Å². The summed E-state index contributed by atoms with van der Waals surface area (Å²) in [5.41, 5.74) is 10.1. The van der Waals surface area contributed by atoms with Gasteiger partial charge < -0.3 is 10.8 Å². The number of pyridine rings is 1. The first-order valence-corrected chi connectivity index (χ1v) is 8.24. The predicted molar refractivity (Wildman–Crippen MR) is 97.7 cm³/mol. The maximum Gasteiger partial charge on any atom is 0.142 e. The summed E-state index contributed by atoms with van der Waals surface area (Å²) in [6, 6.07) is 13.5. The van der Waals surface area contributed by atoms with Gasteiger partial charge in [0.05, 0.1) is 18.3 Å². The highest BCUT2D eigenvalue weighted by molar-refractivity contribution is 6.31. The number of benzene rings is 2. The lowest BCUT2D eigenvalue weighted by Crippen LogP contribution is -2.19. The van der Waals surface area contributed by atoms with Crippen LogP contribution in [0.15, 0.2) is 60.9 Å². The highest BCUT2D eigenvalue weighted by Gasteiger charge is 2.19. The lowest BCUT2D eigenvalue weighted by atomic mass is 9.94. The van der Waals surface area contributed by atoms with Gasteiger partial charge in [0.2, 0.25) is 0 Å². The molecule has 0 aliphatic rings. The number of nitrogens with zero attached hydrogens (tertiary/aromatic N) is 1. The Morgan fingerprint density at radius 1 is 1.00 bits per heavy atom. The second-order valence-corrected chi connectivity index (χ2v) is 6.40. The Morgan fingerprint density at radius 2 is 1.68 bits per heavy atom. The van der Waals surface area contributed by atoms with Crippen LogP contribution in [0, 0.1) is 12.7 Å². The molecule has 0 bridgehead atoms. The van der Waals surface area contributed by atoms with Gasteiger partial charge in [-0.2, -0.15) is 0 Å². The van der Waals surface area contributed by atoms with Crippen molar-refractivity contribution in [1.82, 2.24) is 4.98 Å². The summed E-state index contributed by atoms with van der Waals surface area (Å²) in [5, 5.41) is 11.2. The molecule has 128 valence electrons. The lowest BCUT2D eigenvalue weighted by Gasteiger charge is -2.20. The molecule has 5 heteroatoms. The molecule has 0 aliphatic carbocycles. The molecule has 0 fully saturated rings. The number of hydrogen-bond acceptors (Lipinski definition) is 3. The van der Waals surface area contributed by atoms with E-state index in [1.165, 1.54) is 6.07 Å². The molecule has 25 heavy (non-hydrogen) atoms. The molecule has 0 unspecified atom stereocenters. The van der Waals surface area contributed by atoms with E-state index < -0.39 is 12.1 Å². The van der Waals surface area contributed by atoms with E-state index in [-0.39, 0.29) is 5.82 Å². The number of halogens is 2. The van der Waals surface area contributed by atoms with Gasteiger partial charge in [-0.3, -0.25) is 4.98 Å². The minimum absolute atomic E-state index is 0.389. The summed E-state index contributed by atoms with van der Waals surface area (Å²) in [5.74, 6) is -0.389. The number of rotatable bonds is 4. The van der Waals surface area contributed by atoms with Crippen molar-refractivity contribution in [2.75, 3.05) is 0 Å². The van der Waals surface area contributed by atoms with Gasteiger partial charge in [0.1, 0.15) is 5.82 Å². The maximum atomic E-state index is 13.3. The first-order chi connectivity index (χ1) is 12.0. The third-order valence-electron chi connectivity index (χ3n) is 4.21. The first-order valence-electron chi connectivity index (χ1n) is 7.86. The van der Waals surface area contributed by atoms with E-state index >= 15 is 0 Å². The Hall–Kier alpha value is -2.27. The van der Waals surface area contributed by atoms with E-state index in [1.807, 2.05) is 31.2 Å². The van der Waals surface area contributed by atoms with Gasteiger partial charge in [-0.25, -0.2) is 4.39 Å². The highest BCUT2D eigenvalue weighted by Crippen LogP contribution is 2.30. The van der Waals surface area contributed by atoms with Crippen LogP contribution in [-0.2, 0) is 0 Å². The van der Waals surface area contributed by atoms with Gasteiger partial charge in [-0.05, 0) is 41.3 Å². The second-order valence-electron chi connectivity index (χ2n) is 5.99. The Bertz CT molecular complexity index is 883. The number of aliphatic hydroxyl groups is 1. The van der Waals surface area contributed by atoms with Gasteiger partial charge >= 0.3 is 0 Å². The van der Waals surface area contributed by atoms with Crippen LogP contribution in [0.2, 0.25) is 5.02 Å². The van der Waals surface area contributed by atoms with Crippen LogP contribution in [0.4, 0.5) is 4.39 Å². The van der Waals surface area contributed by atoms with E-state index in [0.717, 1.165) is 22.9 Å². The van der Waals surface area contributed by atoms with Crippen molar-refractivity contribution in [2.45, 2.75) is 19.1 Å². The van der Waals surface area contributed by atoms with E-state index in [9.17, 15) is 9.50 Å². The molecule has 0 spiro atoms. The molecule has 3 N–H and O–H groups in total. The number of aryl methyl sites for hydroxylation is 1. The molecule has 0 aliphatic heterocycles. The predicted octanol–water partition coefficient (Wildman–Crippen LogP) is 4.58.